The summed E-state index contributed by atoms with van der Waals surface area (Å²) < 4.78 is 38.7. The van der Waals surface area contributed by atoms with Crippen LogP contribution in [0.1, 0.15) is 12.0 Å². The van der Waals surface area contributed by atoms with Crippen molar-refractivity contribution in [3.8, 4) is 6.07 Å². The van der Waals surface area contributed by atoms with Crippen LogP contribution >= 0.6 is 0 Å². The number of hydrogen-bond acceptors (Lipinski definition) is 2. The smallest absolute Gasteiger partial charge is 0.165 e. The van der Waals surface area contributed by atoms with Crippen LogP contribution in [0.3, 0.4) is 0 Å². The molecule has 2 nitrogen and oxygen atoms in total. The monoisotopic (exact) mass is 213 g/mol. The van der Waals surface area contributed by atoms with E-state index >= 15 is 0 Å². The highest BCUT2D eigenvalue weighted by molar-refractivity contribution is 5.82. The van der Waals surface area contributed by atoms with Gasteiger partial charge in [0, 0.05) is 12.0 Å². The van der Waals surface area contributed by atoms with Crippen LogP contribution in [-0.2, 0) is 11.2 Å². The Hall–Kier alpha value is -1.83. The first kappa shape index (κ1) is 11.2. The minimum absolute atomic E-state index is 0.449. The molecule has 0 saturated heterocycles. The lowest BCUT2D eigenvalue weighted by Gasteiger charge is -2.03. The highest BCUT2D eigenvalue weighted by atomic mass is 19.2. The lowest BCUT2D eigenvalue weighted by atomic mass is 10.1. The Balaban J connectivity index is 3.00. The van der Waals surface area contributed by atoms with Crippen LogP contribution < -0.4 is 0 Å². The van der Waals surface area contributed by atoms with Crippen LogP contribution in [-0.4, -0.2) is 5.78 Å². The first-order chi connectivity index (χ1) is 7.06. The van der Waals surface area contributed by atoms with Gasteiger partial charge in [-0.3, -0.25) is 4.79 Å². The maximum absolute atomic E-state index is 13.0. The molecule has 1 aromatic rings. The molecule has 0 N–H and O–H groups in total. The molecule has 1 aromatic carbocycles. The summed E-state index contributed by atoms with van der Waals surface area (Å²) in [5, 5.41) is 8.18. The molecule has 1 rings (SSSR count). The van der Waals surface area contributed by atoms with Crippen LogP contribution in [0, 0.1) is 28.8 Å². The Morgan fingerprint density at radius 3 is 2.47 bits per heavy atom. The van der Waals surface area contributed by atoms with E-state index in [-0.39, 0.29) is 0 Å². The van der Waals surface area contributed by atoms with Gasteiger partial charge in [-0.2, -0.15) is 5.26 Å². The molecule has 5 heteroatoms. The zero-order valence-electron chi connectivity index (χ0n) is 7.56. The molecule has 0 fully saturated rings. The Kier molecular flexibility index (Phi) is 3.45. The maximum Gasteiger partial charge on any atom is 0.165 e. The van der Waals surface area contributed by atoms with Gasteiger partial charge in [-0.15, -0.1) is 0 Å². The molecule has 78 valence electrons. The molecular weight excluding hydrogens is 207 g/mol. The second-order valence-electron chi connectivity index (χ2n) is 2.87. The summed E-state index contributed by atoms with van der Waals surface area (Å²) in [4.78, 5) is 10.9. The fraction of sp³-hybridized carbons (Fsp3) is 0.200. The number of rotatable bonds is 3. The van der Waals surface area contributed by atoms with Crippen LogP contribution in [0.15, 0.2) is 12.1 Å². The molecule has 0 radical (unpaired) electrons. The number of nitriles is 1. The molecule has 0 bridgehead atoms. The van der Waals surface area contributed by atoms with Gasteiger partial charge in [-0.1, -0.05) is 0 Å². The van der Waals surface area contributed by atoms with E-state index in [0.717, 1.165) is 6.07 Å². The Labute approximate surface area is 83.9 Å². The van der Waals surface area contributed by atoms with Crippen LogP contribution in [0.2, 0.25) is 0 Å². The summed E-state index contributed by atoms with van der Waals surface area (Å²) >= 11 is 0. The van der Waals surface area contributed by atoms with Gasteiger partial charge in [0.05, 0.1) is 12.5 Å². The van der Waals surface area contributed by atoms with Gasteiger partial charge >= 0.3 is 0 Å². The van der Waals surface area contributed by atoms with Crippen molar-refractivity contribution in [2.45, 2.75) is 12.8 Å². The molecule has 0 saturated carbocycles. The van der Waals surface area contributed by atoms with Crippen molar-refractivity contribution in [1.82, 2.24) is 0 Å². The third-order valence-corrected chi connectivity index (χ3v) is 1.79. The second kappa shape index (κ2) is 4.60. The molecule has 0 spiro atoms. The molecule has 0 atom stereocenters. The summed E-state index contributed by atoms with van der Waals surface area (Å²) in [6, 6.07) is 2.94. The van der Waals surface area contributed by atoms with Crippen molar-refractivity contribution in [1.29, 1.82) is 5.26 Å². The van der Waals surface area contributed by atoms with E-state index in [1.54, 1.807) is 6.07 Å². The summed E-state index contributed by atoms with van der Waals surface area (Å²) in [5.41, 5.74) is -0.629. The van der Waals surface area contributed by atoms with E-state index in [1.165, 1.54) is 0 Å². The van der Waals surface area contributed by atoms with Crippen molar-refractivity contribution >= 4 is 5.78 Å². The number of nitrogens with zero attached hydrogens (tertiary/aromatic N) is 1. The first-order valence-corrected chi connectivity index (χ1v) is 4.07. The van der Waals surface area contributed by atoms with Crippen molar-refractivity contribution < 1.29 is 18.0 Å². The van der Waals surface area contributed by atoms with Gasteiger partial charge in [0.1, 0.15) is 5.82 Å². The summed E-state index contributed by atoms with van der Waals surface area (Å²) in [6.07, 6.45) is -1.06. The largest absolute Gasteiger partial charge is 0.298 e. The maximum atomic E-state index is 13.0. The standard InChI is InChI=1S/C10H6F3NO/c11-8-1-2-9(12)10(13)7(8)5-6(15)3-4-14/h1-2H,3,5H2. The summed E-state index contributed by atoms with van der Waals surface area (Å²) in [6.45, 7) is 0. The average Bonchev–Trinajstić information content (AvgIpc) is 2.19. The first-order valence-electron chi connectivity index (χ1n) is 4.07. The minimum Gasteiger partial charge on any atom is -0.298 e. The quantitative estimate of drug-likeness (QED) is 0.721. The van der Waals surface area contributed by atoms with Gasteiger partial charge < -0.3 is 0 Å². The number of hydrogen-bond donors (Lipinski definition) is 0. The van der Waals surface area contributed by atoms with Gasteiger partial charge in [0.2, 0.25) is 0 Å². The Morgan fingerprint density at radius 1 is 1.27 bits per heavy atom. The minimum atomic E-state index is -1.37. The summed E-state index contributed by atoms with van der Waals surface area (Å²) in [7, 11) is 0. The lowest BCUT2D eigenvalue weighted by molar-refractivity contribution is -0.117. The van der Waals surface area contributed by atoms with Crippen LogP contribution in [0.4, 0.5) is 13.2 Å². The van der Waals surface area contributed by atoms with E-state index in [4.69, 9.17) is 5.26 Å². The zero-order valence-corrected chi connectivity index (χ0v) is 7.56. The van der Waals surface area contributed by atoms with Crippen LogP contribution in [0.25, 0.3) is 0 Å². The molecule has 0 aromatic heterocycles. The van der Waals surface area contributed by atoms with Crippen LogP contribution in [0.5, 0.6) is 0 Å². The van der Waals surface area contributed by atoms with Crippen molar-refractivity contribution in [2.75, 3.05) is 0 Å². The topological polar surface area (TPSA) is 40.9 Å². The van der Waals surface area contributed by atoms with E-state index in [0.29, 0.717) is 6.07 Å². The number of carbonyl (C=O) groups excluding carboxylic acids is 1. The average molecular weight is 213 g/mol. The predicted octanol–water partition coefficient (Wildman–Crippen LogP) is 2.13. The zero-order chi connectivity index (χ0) is 11.4. The lowest BCUT2D eigenvalue weighted by Crippen LogP contribution is -2.07. The number of carbonyl (C=O) groups is 1. The SMILES string of the molecule is N#CCC(=O)Cc1c(F)ccc(F)c1F. The Morgan fingerprint density at radius 2 is 1.87 bits per heavy atom. The third-order valence-electron chi connectivity index (χ3n) is 1.79. The number of halogens is 3. The van der Waals surface area contributed by atoms with E-state index in [2.05, 4.69) is 0 Å². The van der Waals surface area contributed by atoms with Gasteiger partial charge in [-0.25, -0.2) is 13.2 Å². The van der Waals surface area contributed by atoms with E-state index in [9.17, 15) is 18.0 Å². The Bertz CT molecular complexity index is 437. The fourth-order valence-corrected chi connectivity index (χ4v) is 1.08. The van der Waals surface area contributed by atoms with Crippen molar-refractivity contribution in [3.63, 3.8) is 0 Å². The number of benzene rings is 1. The van der Waals surface area contributed by atoms with E-state index in [1.807, 2.05) is 0 Å². The number of Topliss-reactive ketones (excluding diaryl/α,β-unsaturated/α-hetero) is 1. The normalized spacial score (nSPS) is 9.73. The van der Waals surface area contributed by atoms with Crippen molar-refractivity contribution in [2.24, 2.45) is 0 Å². The van der Waals surface area contributed by atoms with Gasteiger partial charge in [-0.05, 0) is 12.1 Å². The molecule has 0 amide bonds. The molecule has 0 aliphatic heterocycles. The molecule has 0 unspecified atom stereocenters. The highest BCUT2D eigenvalue weighted by Gasteiger charge is 2.16. The second-order valence-corrected chi connectivity index (χ2v) is 2.87. The molecule has 0 heterocycles. The fourth-order valence-electron chi connectivity index (χ4n) is 1.08. The molecular formula is C10H6F3NO. The molecule has 0 aliphatic rings. The van der Waals surface area contributed by atoms with Crippen molar-refractivity contribution in [3.05, 3.63) is 35.1 Å². The van der Waals surface area contributed by atoms with E-state index < -0.39 is 41.6 Å². The third kappa shape index (κ3) is 2.56. The molecule has 15 heavy (non-hydrogen) atoms. The summed E-state index contributed by atoms with van der Waals surface area (Å²) in [5.74, 6) is -4.22. The molecule has 0 aliphatic carbocycles. The van der Waals surface area contributed by atoms with Gasteiger partial charge in [0.15, 0.2) is 17.4 Å². The highest BCUT2D eigenvalue weighted by Crippen LogP contribution is 2.16. The number of ketones is 1. The predicted molar refractivity (Wildman–Crippen MR) is 45.3 cm³/mol. The van der Waals surface area contributed by atoms with Gasteiger partial charge in [0.25, 0.3) is 0 Å².